The van der Waals surface area contributed by atoms with Gasteiger partial charge in [-0.15, -0.1) is 0 Å². The number of nitrogens with two attached hydrogens (primary N) is 2. The van der Waals surface area contributed by atoms with Crippen molar-refractivity contribution >= 4 is 39.5 Å². The molecule has 10 rings (SSSR count). The molecule has 0 aliphatic carbocycles. The number of amides is 1. The average molecular weight is 836 g/mol. The third-order valence-electron chi connectivity index (χ3n) is 11.4. The highest BCUT2D eigenvalue weighted by Gasteiger charge is 2.32. The third-order valence-corrected chi connectivity index (χ3v) is 11.4. The van der Waals surface area contributed by atoms with E-state index < -0.39 is 5.60 Å². The summed E-state index contributed by atoms with van der Waals surface area (Å²) in [6.45, 7) is 8.60. The summed E-state index contributed by atoms with van der Waals surface area (Å²) < 4.78 is 5.49. The summed E-state index contributed by atoms with van der Waals surface area (Å²) in [7, 11) is 0. The van der Waals surface area contributed by atoms with Gasteiger partial charge in [-0.1, -0.05) is 109 Å². The number of rotatable bonds is 5. The molecule has 0 radical (unpaired) electrons. The van der Waals surface area contributed by atoms with Gasteiger partial charge in [-0.2, -0.15) is 5.26 Å². The molecular formula is C52H53N9O2. The van der Waals surface area contributed by atoms with Crippen LogP contribution in [0.15, 0.2) is 146 Å². The minimum absolute atomic E-state index is 0.213. The van der Waals surface area contributed by atoms with Crippen LogP contribution in [0, 0.1) is 11.5 Å². The van der Waals surface area contributed by atoms with Crippen LogP contribution in [0.2, 0.25) is 0 Å². The van der Waals surface area contributed by atoms with Crippen molar-refractivity contribution in [2.75, 3.05) is 37.6 Å². The average Bonchev–Trinajstić information content (AvgIpc) is 4.14. The maximum absolute atomic E-state index is 12.3. The second kappa shape index (κ2) is 18.6. The summed E-state index contributed by atoms with van der Waals surface area (Å²) in [6, 6.07) is 49.1. The van der Waals surface area contributed by atoms with Gasteiger partial charge < -0.3 is 36.0 Å². The molecule has 4 heterocycles. The van der Waals surface area contributed by atoms with Crippen molar-refractivity contribution in [1.29, 1.82) is 5.26 Å². The predicted octanol–water partition coefficient (Wildman–Crippen LogP) is 11.0. The highest BCUT2D eigenvalue weighted by Crippen LogP contribution is 2.31. The van der Waals surface area contributed by atoms with Gasteiger partial charge in [-0.05, 0) is 103 Å². The number of aromatic nitrogens is 4. The molecule has 2 saturated heterocycles. The Labute approximate surface area is 368 Å². The van der Waals surface area contributed by atoms with E-state index in [1.807, 2.05) is 106 Å². The van der Waals surface area contributed by atoms with Gasteiger partial charge in [-0.3, -0.25) is 0 Å². The molecule has 2 fully saturated rings. The molecule has 2 aromatic heterocycles. The second-order valence-corrected chi connectivity index (χ2v) is 17.1. The Bertz CT molecular complexity index is 2840. The number of aromatic amines is 2. The lowest BCUT2D eigenvalue weighted by Crippen LogP contribution is -2.35. The first-order chi connectivity index (χ1) is 30.5. The number of benzene rings is 6. The van der Waals surface area contributed by atoms with E-state index in [1.165, 1.54) is 22.3 Å². The largest absolute Gasteiger partial charge is 0.444 e. The summed E-state index contributed by atoms with van der Waals surface area (Å²) in [6.07, 6.45) is 3.86. The van der Waals surface area contributed by atoms with Crippen molar-refractivity contribution in [2.45, 2.75) is 51.0 Å². The number of nitrogens with zero attached hydrogens (tertiary/aromatic N) is 5. The van der Waals surface area contributed by atoms with Gasteiger partial charge in [0.15, 0.2) is 6.19 Å². The molecule has 0 saturated carbocycles. The molecule has 0 bridgehead atoms. The molecule has 2 unspecified atom stereocenters. The van der Waals surface area contributed by atoms with Crippen LogP contribution in [0.4, 0.5) is 16.2 Å². The number of carbonyl (C=O) groups excluding carboxylic acids is 1. The van der Waals surface area contributed by atoms with Crippen LogP contribution in [-0.2, 0) is 4.74 Å². The third kappa shape index (κ3) is 10.3. The Kier molecular flexibility index (Phi) is 12.4. The van der Waals surface area contributed by atoms with Crippen molar-refractivity contribution in [3.8, 4) is 39.6 Å². The van der Waals surface area contributed by atoms with Gasteiger partial charge in [0, 0.05) is 38.0 Å². The fourth-order valence-corrected chi connectivity index (χ4v) is 8.00. The van der Waals surface area contributed by atoms with Crippen molar-refractivity contribution in [3.63, 3.8) is 0 Å². The van der Waals surface area contributed by atoms with E-state index in [4.69, 9.17) is 31.4 Å². The molecule has 2 atom stereocenters. The second-order valence-electron chi connectivity index (χ2n) is 17.1. The van der Waals surface area contributed by atoms with Crippen LogP contribution < -0.4 is 11.5 Å². The van der Waals surface area contributed by atoms with Gasteiger partial charge in [0.25, 0.3) is 0 Å². The Hall–Kier alpha value is -7.58. The minimum Gasteiger partial charge on any atom is -0.444 e. The topological polar surface area (TPSA) is 166 Å². The molecule has 318 valence electrons. The first-order valence-electron chi connectivity index (χ1n) is 21.4. The van der Waals surface area contributed by atoms with Crippen molar-refractivity contribution in [1.82, 2.24) is 29.7 Å². The molecule has 63 heavy (non-hydrogen) atoms. The van der Waals surface area contributed by atoms with Crippen molar-refractivity contribution in [2.24, 2.45) is 0 Å². The molecule has 1 amide bonds. The lowest BCUT2D eigenvalue weighted by molar-refractivity contribution is 0.0292. The van der Waals surface area contributed by atoms with E-state index >= 15 is 0 Å². The molecule has 2 aliphatic heterocycles. The number of H-pyrrole nitrogens is 2. The number of likely N-dealkylation sites (tertiary alicyclic amines) is 2. The quantitative estimate of drug-likeness (QED) is 0.0982. The molecule has 11 heteroatoms. The Morgan fingerprint density at radius 1 is 0.619 bits per heavy atom. The van der Waals surface area contributed by atoms with Gasteiger partial charge >= 0.3 is 6.09 Å². The molecule has 6 aromatic carbocycles. The van der Waals surface area contributed by atoms with E-state index in [0.29, 0.717) is 30.4 Å². The van der Waals surface area contributed by atoms with E-state index in [0.717, 1.165) is 70.8 Å². The maximum atomic E-state index is 12.3. The van der Waals surface area contributed by atoms with Crippen LogP contribution >= 0.6 is 0 Å². The molecule has 0 spiro atoms. The van der Waals surface area contributed by atoms with Gasteiger partial charge in [0.2, 0.25) is 0 Å². The Morgan fingerprint density at radius 2 is 1.08 bits per heavy atom. The van der Waals surface area contributed by atoms with Crippen LogP contribution in [0.5, 0.6) is 0 Å². The molecule has 6 N–H and O–H groups in total. The number of hydrogen-bond donors (Lipinski definition) is 4. The number of nitrogens with one attached hydrogen (secondary N) is 2. The van der Waals surface area contributed by atoms with Gasteiger partial charge in [-0.25, -0.2) is 14.8 Å². The maximum Gasteiger partial charge on any atom is 0.410 e. The van der Waals surface area contributed by atoms with Crippen LogP contribution in [-0.4, -0.2) is 67.6 Å². The zero-order valence-corrected chi connectivity index (χ0v) is 36.0. The number of carbonyl (C=O) groups is 1. The molecular weight excluding hydrogens is 783 g/mol. The van der Waals surface area contributed by atoms with Crippen molar-refractivity contribution < 1.29 is 9.53 Å². The number of imidazole rings is 2. The summed E-state index contributed by atoms with van der Waals surface area (Å²) in [5.74, 6) is 2.48. The fraction of sp³-hybridized carbons (Fsp3) is 0.231. The zero-order valence-electron chi connectivity index (χ0n) is 36.0. The van der Waals surface area contributed by atoms with E-state index in [9.17, 15) is 4.79 Å². The van der Waals surface area contributed by atoms with Gasteiger partial charge in [0.05, 0.1) is 33.4 Å². The molecule has 2 aliphatic rings. The highest BCUT2D eigenvalue weighted by molar-refractivity contribution is 5.83. The first kappa shape index (κ1) is 42.1. The van der Waals surface area contributed by atoms with Gasteiger partial charge in [0.1, 0.15) is 17.2 Å². The smallest absolute Gasteiger partial charge is 0.410 e. The summed E-state index contributed by atoms with van der Waals surface area (Å²) >= 11 is 0. The number of anilines is 2. The van der Waals surface area contributed by atoms with E-state index in [-0.39, 0.29) is 12.0 Å². The van der Waals surface area contributed by atoms with Crippen LogP contribution in [0.25, 0.3) is 55.4 Å². The summed E-state index contributed by atoms with van der Waals surface area (Å²) in [4.78, 5) is 32.2. The number of nitriles is 1. The molecule has 11 nitrogen and oxygen atoms in total. The zero-order chi connectivity index (χ0) is 43.9. The predicted molar refractivity (Wildman–Crippen MR) is 253 cm³/mol. The normalized spacial score (nSPS) is 15.9. The molecule has 8 aromatic rings. The number of fused-ring (bicyclic) bond motifs is 2. The lowest BCUT2D eigenvalue weighted by Gasteiger charge is -2.24. The Morgan fingerprint density at radius 3 is 1.54 bits per heavy atom. The standard InChI is InChI=1S/C22H25N3O2.C18H16N4.C12H12N2/c1-22(2,3)27-21(26)25-12-11-17(14-25)20-23-18-10-9-16(13-19(18)24-20)15-7-5-4-6-8-15;19-12-22-9-8-15(11-22)18-20-16-7-6-14(10-17(16)21-18)13-4-2-1-3-5-13;13-11-7-6-10(8-12(11)14)9-4-2-1-3-5-9/h4-10,13,17H,11-12,14H2,1-3H3,(H,23,24);1-7,10,15H,8-9,11H2,(H,20,21);1-8H,13-14H2. The first-order valence-corrected chi connectivity index (χ1v) is 21.4. The van der Waals surface area contributed by atoms with Crippen molar-refractivity contribution in [3.05, 3.63) is 157 Å². The minimum atomic E-state index is -0.470. The SMILES string of the molecule is CC(C)(C)OC(=O)N1CCC(c2nc3ccc(-c4ccccc4)cc3[nH]2)C1.N#CN1CCC(c2nc3ccc(-c4ccccc4)cc3[nH]2)C1.Nc1ccc(-c2ccccc2)cc1N. The number of ether oxygens (including phenoxy) is 1. The summed E-state index contributed by atoms with van der Waals surface area (Å²) in [5.41, 5.74) is 23.2. The van der Waals surface area contributed by atoms with E-state index in [1.54, 1.807) is 9.80 Å². The fourth-order valence-electron chi connectivity index (χ4n) is 8.00. The lowest BCUT2D eigenvalue weighted by atomic mass is 10.0. The van der Waals surface area contributed by atoms with Crippen LogP contribution in [0.1, 0.15) is 57.1 Å². The highest BCUT2D eigenvalue weighted by atomic mass is 16.6. The Balaban J connectivity index is 0.000000136. The summed E-state index contributed by atoms with van der Waals surface area (Å²) in [5, 5.41) is 8.98. The van der Waals surface area contributed by atoms with Crippen LogP contribution in [0.3, 0.4) is 0 Å². The monoisotopic (exact) mass is 835 g/mol. The number of hydrogen-bond acceptors (Lipinski definition) is 8. The van der Waals surface area contributed by atoms with E-state index in [2.05, 4.69) is 76.8 Å². The number of nitrogen functional groups attached to an aromatic ring is 2.